The van der Waals surface area contributed by atoms with Gasteiger partial charge in [-0.3, -0.25) is 4.90 Å². The van der Waals surface area contributed by atoms with Gasteiger partial charge < -0.3 is 5.32 Å². The molecule has 0 bridgehead atoms. The van der Waals surface area contributed by atoms with Gasteiger partial charge in [-0.2, -0.15) is 0 Å². The monoisotopic (exact) mass is 257 g/mol. The lowest BCUT2D eigenvalue weighted by molar-refractivity contribution is 0.342. The van der Waals surface area contributed by atoms with E-state index in [1.807, 2.05) is 37.2 Å². The van der Waals surface area contributed by atoms with Crippen LogP contribution in [0.1, 0.15) is 5.69 Å². The topological polar surface area (TPSA) is 62.3 Å². The van der Waals surface area contributed by atoms with Crippen molar-refractivity contribution in [3.8, 4) is 0 Å². The second kappa shape index (κ2) is 5.97. The molecule has 17 heavy (non-hydrogen) atoms. The van der Waals surface area contributed by atoms with E-state index >= 15 is 0 Å². The number of hydrogen-bond acceptors (Lipinski definition) is 5. The molecule has 0 aliphatic rings. The lowest BCUT2D eigenvalue weighted by atomic mass is 10.3. The molecule has 0 aromatic carbocycles. The minimum Gasteiger partial charge on any atom is -0.373 e. The molecule has 1 heterocycles. The van der Waals surface area contributed by atoms with Crippen LogP contribution in [0.25, 0.3) is 0 Å². The number of anilines is 1. The first-order chi connectivity index (χ1) is 7.90. The quantitative estimate of drug-likeness (QED) is 0.808. The van der Waals surface area contributed by atoms with Gasteiger partial charge in [-0.25, -0.2) is 13.4 Å². The van der Waals surface area contributed by atoms with Crippen molar-refractivity contribution in [1.29, 1.82) is 0 Å². The standard InChI is InChI=1S/C11H19N3O2S/c1-12-11-6-4-5-10(13-11)9-14(2)7-8-17(3,15)16/h4-6H,7-9H2,1-3H3,(H,12,13). The second-order valence-corrected chi connectivity index (χ2v) is 6.39. The number of rotatable bonds is 6. The molecule has 1 aromatic rings. The highest BCUT2D eigenvalue weighted by molar-refractivity contribution is 7.90. The minimum atomic E-state index is -2.90. The van der Waals surface area contributed by atoms with Crippen LogP contribution in [0, 0.1) is 0 Å². The van der Waals surface area contributed by atoms with Gasteiger partial charge in [0.1, 0.15) is 15.7 Å². The molecule has 0 saturated heterocycles. The fourth-order valence-corrected chi connectivity index (χ4v) is 2.03. The van der Waals surface area contributed by atoms with Crippen molar-refractivity contribution in [2.24, 2.45) is 0 Å². The van der Waals surface area contributed by atoms with Crippen LogP contribution in [0.15, 0.2) is 18.2 Å². The molecular formula is C11H19N3O2S. The van der Waals surface area contributed by atoms with Gasteiger partial charge in [0.15, 0.2) is 0 Å². The molecule has 96 valence electrons. The van der Waals surface area contributed by atoms with Crippen molar-refractivity contribution in [3.63, 3.8) is 0 Å². The Balaban J connectivity index is 2.52. The summed E-state index contributed by atoms with van der Waals surface area (Å²) < 4.78 is 22.1. The van der Waals surface area contributed by atoms with E-state index in [9.17, 15) is 8.42 Å². The maximum Gasteiger partial charge on any atom is 0.148 e. The van der Waals surface area contributed by atoms with Crippen molar-refractivity contribution in [1.82, 2.24) is 9.88 Å². The number of pyridine rings is 1. The molecule has 1 N–H and O–H groups in total. The first kappa shape index (κ1) is 13.9. The third-order valence-corrected chi connectivity index (χ3v) is 3.26. The van der Waals surface area contributed by atoms with Crippen LogP contribution in [0.4, 0.5) is 5.82 Å². The van der Waals surface area contributed by atoms with Crippen LogP contribution < -0.4 is 5.32 Å². The number of nitrogens with one attached hydrogen (secondary N) is 1. The summed E-state index contributed by atoms with van der Waals surface area (Å²) in [5.41, 5.74) is 0.924. The zero-order valence-corrected chi connectivity index (χ0v) is 11.3. The summed E-state index contributed by atoms with van der Waals surface area (Å²) in [7, 11) is 0.808. The Kier molecular flexibility index (Phi) is 4.89. The summed E-state index contributed by atoms with van der Waals surface area (Å²) in [5.74, 6) is 0.994. The smallest absolute Gasteiger partial charge is 0.148 e. The molecule has 0 amide bonds. The minimum absolute atomic E-state index is 0.176. The normalized spacial score (nSPS) is 11.8. The summed E-state index contributed by atoms with van der Waals surface area (Å²) in [6.07, 6.45) is 1.25. The van der Waals surface area contributed by atoms with Crippen LogP contribution >= 0.6 is 0 Å². The summed E-state index contributed by atoms with van der Waals surface area (Å²) in [4.78, 5) is 6.32. The summed E-state index contributed by atoms with van der Waals surface area (Å²) in [5, 5.41) is 2.97. The summed E-state index contributed by atoms with van der Waals surface area (Å²) in [6, 6.07) is 5.75. The summed E-state index contributed by atoms with van der Waals surface area (Å²) in [6.45, 7) is 1.16. The van der Waals surface area contributed by atoms with Gasteiger partial charge in [0.05, 0.1) is 11.4 Å². The highest BCUT2D eigenvalue weighted by Crippen LogP contribution is 2.05. The van der Waals surface area contributed by atoms with Crippen LogP contribution in [-0.4, -0.2) is 51.0 Å². The Bertz CT molecular complexity index is 460. The van der Waals surface area contributed by atoms with E-state index in [0.29, 0.717) is 13.1 Å². The number of sulfone groups is 1. The molecule has 0 fully saturated rings. The third-order valence-electron chi connectivity index (χ3n) is 2.34. The lowest BCUT2D eigenvalue weighted by Gasteiger charge is -2.15. The van der Waals surface area contributed by atoms with Gasteiger partial charge in [0, 0.05) is 26.4 Å². The molecule has 6 heteroatoms. The Morgan fingerprint density at radius 3 is 2.71 bits per heavy atom. The molecular weight excluding hydrogens is 238 g/mol. The highest BCUT2D eigenvalue weighted by atomic mass is 32.2. The molecule has 1 aromatic heterocycles. The predicted octanol–water partition coefficient (Wildman–Crippen LogP) is 0.600. The van der Waals surface area contributed by atoms with E-state index in [-0.39, 0.29) is 5.75 Å². The Labute approximate surface area is 103 Å². The van der Waals surface area contributed by atoms with E-state index < -0.39 is 9.84 Å². The van der Waals surface area contributed by atoms with Crippen molar-refractivity contribution < 1.29 is 8.42 Å². The van der Waals surface area contributed by atoms with Gasteiger partial charge in [0.2, 0.25) is 0 Å². The SMILES string of the molecule is CNc1cccc(CN(C)CCS(C)(=O)=O)n1. The van der Waals surface area contributed by atoms with Crippen molar-refractivity contribution in [3.05, 3.63) is 23.9 Å². The van der Waals surface area contributed by atoms with Crippen molar-refractivity contribution in [2.45, 2.75) is 6.54 Å². The average molecular weight is 257 g/mol. The number of aromatic nitrogens is 1. The Hall–Kier alpha value is -1.14. The molecule has 0 spiro atoms. The van der Waals surface area contributed by atoms with E-state index in [4.69, 9.17) is 0 Å². The second-order valence-electron chi connectivity index (χ2n) is 4.13. The molecule has 0 aliphatic heterocycles. The van der Waals surface area contributed by atoms with Gasteiger partial charge >= 0.3 is 0 Å². The molecule has 0 saturated carbocycles. The summed E-state index contributed by atoms with van der Waals surface area (Å²) >= 11 is 0. The maximum atomic E-state index is 11.0. The molecule has 0 aliphatic carbocycles. The van der Waals surface area contributed by atoms with Gasteiger partial charge in [0.25, 0.3) is 0 Å². The molecule has 0 unspecified atom stereocenters. The first-order valence-electron chi connectivity index (χ1n) is 5.40. The fraction of sp³-hybridized carbons (Fsp3) is 0.545. The fourth-order valence-electron chi connectivity index (χ4n) is 1.38. The van der Waals surface area contributed by atoms with E-state index in [1.54, 1.807) is 0 Å². The van der Waals surface area contributed by atoms with Crippen LogP contribution in [0.2, 0.25) is 0 Å². The van der Waals surface area contributed by atoms with Crippen molar-refractivity contribution in [2.75, 3.05) is 38.0 Å². The van der Waals surface area contributed by atoms with E-state index in [0.717, 1.165) is 11.5 Å². The lowest BCUT2D eigenvalue weighted by Crippen LogP contribution is -2.25. The molecule has 5 nitrogen and oxygen atoms in total. The van der Waals surface area contributed by atoms with Gasteiger partial charge in [-0.05, 0) is 19.2 Å². The largest absolute Gasteiger partial charge is 0.373 e. The number of hydrogen-bond donors (Lipinski definition) is 1. The van der Waals surface area contributed by atoms with Crippen LogP contribution in [0.3, 0.4) is 0 Å². The molecule has 0 radical (unpaired) electrons. The Morgan fingerprint density at radius 1 is 1.41 bits per heavy atom. The molecule has 1 rings (SSSR count). The third kappa shape index (κ3) is 5.65. The average Bonchev–Trinajstić information content (AvgIpc) is 2.26. The highest BCUT2D eigenvalue weighted by Gasteiger charge is 2.06. The number of nitrogens with zero attached hydrogens (tertiary/aromatic N) is 2. The van der Waals surface area contributed by atoms with E-state index in [1.165, 1.54) is 6.26 Å². The predicted molar refractivity (Wildman–Crippen MR) is 69.8 cm³/mol. The zero-order valence-electron chi connectivity index (χ0n) is 10.5. The van der Waals surface area contributed by atoms with Crippen LogP contribution in [0.5, 0.6) is 0 Å². The van der Waals surface area contributed by atoms with Gasteiger partial charge in [-0.15, -0.1) is 0 Å². The Morgan fingerprint density at radius 2 is 2.12 bits per heavy atom. The van der Waals surface area contributed by atoms with E-state index in [2.05, 4.69) is 10.3 Å². The first-order valence-corrected chi connectivity index (χ1v) is 7.47. The maximum absolute atomic E-state index is 11.0. The molecule has 0 atom stereocenters. The zero-order chi connectivity index (χ0) is 12.9. The van der Waals surface area contributed by atoms with Gasteiger partial charge in [-0.1, -0.05) is 6.07 Å². The van der Waals surface area contributed by atoms with Crippen LogP contribution in [-0.2, 0) is 16.4 Å². The van der Waals surface area contributed by atoms with Crippen molar-refractivity contribution >= 4 is 15.7 Å².